The zero-order chi connectivity index (χ0) is 20.8. The first-order valence-electron chi connectivity index (χ1n) is 10.2. The van der Waals surface area contributed by atoms with Gasteiger partial charge in [0, 0.05) is 50.4 Å². The van der Waals surface area contributed by atoms with Crippen molar-refractivity contribution in [2.45, 2.75) is 39.3 Å². The van der Waals surface area contributed by atoms with E-state index in [-0.39, 0.29) is 30.4 Å². The van der Waals surface area contributed by atoms with Crippen molar-refractivity contribution in [2.75, 3.05) is 19.7 Å². The van der Waals surface area contributed by atoms with Crippen LogP contribution in [-0.4, -0.2) is 57.1 Å². The Balaban J connectivity index is 1.50. The molecule has 0 unspecified atom stereocenters. The fourth-order valence-corrected chi connectivity index (χ4v) is 3.63. The summed E-state index contributed by atoms with van der Waals surface area (Å²) < 4.78 is 7.31. The summed E-state index contributed by atoms with van der Waals surface area (Å²) in [6.45, 7) is 5.84. The van der Waals surface area contributed by atoms with Crippen LogP contribution in [0.4, 0.5) is 0 Å². The summed E-state index contributed by atoms with van der Waals surface area (Å²) in [6.07, 6.45) is 5.12. The van der Waals surface area contributed by atoms with Crippen LogP contribution in [0.5, 0.6) is 5.75 Å². The van der Waals surface area contributed by atoms with E-state index in [4.69, 9.17) is 4.74 Å². The number of piperidine rings is 1. The van der Waals surface area contributed by atoms with E-state index in [1.54, 1.807) is 15.8 Å². The third-order valence-corrected chi connectivity index (χ3v) is 5.32. The minimum atomic E-state index is -0.0480. The van der Waals surface area contributed by atoms with Crippen molar-refractivity contribution in [3.63, 3.8) is 0 Å². The number of ether oxygens (including phenoxy) is 1. The molecule has 2 heterocycles. The second-order valence-electron chi connectivity index (χ2n) is 7.84. The molecule has 1 aromatic heterocycles. The highest BCUT2D eigenvalue weighted by molar-refractivity contribution is 5.81. The van der Waals surface area contributed by atoms with Crippen LogP contribution < -0.4 is 4.74 Å². The van der Waals surface area contributed by atoms with E-state index in [0.29, 0.717) is 38.2 Å². The van der Waals surface area contributed by atoms with E-state index < -0.39 is 0 Å². The average Bonchev–Trinajstić information content (AvgIpc) is 3.15. The molecule has 2 amide bonds. The van der Waals surface area contributed by atoms with Crippen molar-refractivity contribution >= 4 is 11.8 Å². The molecule has 0 atom stereocenters. The number of nitrogens with zero attached hydrogens (tertiary/aromatic N) is 4. The van der Waals surface area contributed by atoms with Crippen LogP contribution in [-0.2, 0) is 23.2 Å². The number of rotatable bonds is 7. The number of hydrogen-bond donors (Lipinski definition) is 0. The molecule has 0 bridgehead atoms. The number of aryl methyl sites for hydroxylation is 1. The molecule has 0 spiro atoms. The highest BCUT2D eigenvalue weighted by Crippen LogP contribution is 2.22. The summed E-state index contributed by atoms with van der Waals surface area (Å²) in [4.78, 5) is 29.3. The van der Waals surface area contributed by atoms with E-state index in [2.05, 4.69) is 5.10 Å². The first kappa shape index (κ1) is 20.9. The largest absolute Gasteiger partial charge is 0.484 e. The Morgan fingerprint density at radius 3 is 2.48 bits per heavy atom. The van der Waals surface area contributed by atoms with Crippen LogP contribution in [0.15, 0.2) is 42.7 Å². The Morgan fingerprint density at radius 2 is 1.90 bits per heavy atom. The second kappa shape index (κ2) is 9.58. The number of hydrogen-bond acceptors (Lipinski definition) is 4. The van der Waals surface area contributed by atoms with E-state index >= 15 is 0 Å². The van der Waals surface area contributed by atoms with Gasteiger partial charge in [-0.2, -0.15) is 5.10 Å². The van der Waals surface area contributed by atoms with Gasteiger partial charge in [0.15, 0.2) is 6.61 Å². The van der Waals surface area contributed by atoms with Gasteiger partial charge >= 0.3 is 0 Å². The van der Waals surface area contributed by atoms with E-state index in [1.807, 2.05) is 62.3 Å². The molecule has 156 valence electrons. The molecule has 1 fully saturated rings. The Bertz CT molecular complexity index is 810. The first-order chi connectivity index (χ1) is 13.9. The Labute approximate surface area is 172 Å². The fourth-order valence-electron chi connectivity index (χ4n) is 3.63. The molecule has 7 nitrogen and oxygen atoms in total. The highest BCUT2D eigenvalue weighted by atomic mass is 16.5. The Kier molecular flexibility index (Phi) is 6.90. The molecule has 1 aromatic carbocycles. The molecule has 1 saturated heterocycles. The average molecular weight is 399 g/mol. The number of para-hydroxylation sites is 1. The summed E-state index contributed by atoms with van der Waals surface area (Å²) in [6, 6.07) is 9.44. The lowest BCUT2D eigenvalue weighted by molar-refractivity contribution is -0.143. The topological polar surface area (TPSA) is 67.7 Å². The molecule has 1 aliphatic rings. The Hall–Kier alpha value is -2.83. The van der Waals surface area contributed by atoms with Gasteiger partial charge in [0.05, 0.1) is 6.20 Å². The van der Waals surface area contributed by atoms with Crippen molar-refractivity contribution in [1.82, 2.24) is 19.6 Å². The number of carbonyl (C=O) groups is 2. The number of amides is 2. The molecule has 3 rings (SSSR count). The van der Waals surface area contributed by atoms with Crippen LogP contribution in [0.1, 0.15) is 32.3 Å². The first-order valence-corrected chi connectivity index (χ1v) is 10.2. The van der Waals surface area contributed by atoms with Crippen molar-refractivity contribution in [3.8, 4) is 5.75 Å². The van der Waals surface area contributed by atoms with Gasteiger partial charge in [-0.15, -0.1) is 0 Å². The van der Waals surface area contributed by atoms with Crippen LogP contribution in [0.3, 0.4) is 0 Å². The van der Waals surface area contributed by atoms with E-state index in [1.165, 1.54) is 0 Å². The molecule has 2 aromatic rings. The van der Waals surface area contributed by atoms with Gasteiger partial charge in [0.2, 0.25) is 5.91 Å². The van der Waals surface area contributed by atoms with Crippen molar-refractivity contribution in [3.05, 3.63) is 48.3 Å². The number of aromatic nitrogens is 2. The minimum absolute atomic E-state index is 0.0295. The molecule has 0 N–H and O–H groups in total. The predicted octanol–water partition coefficient (Wildman–Crippen LogP) is 2.47. The van der Waals surface area contributed by atoms with Crippen molar-refractivity contribution in [2.24, 2.45) is 13.0 Å². The normalized spacial score (nSPS) is 14.8. The maximum atomic E-state index is 13.1. The maximum Gasteiger partial charge on any atom is 0.260 e. The Morgan fingerprint density at radius 1 is 1.21 bits per heavy atom. The molecule has 0 saturated carbocycles. The van der Waals surface area contributed by atoms with Gasteiger partial charge in [0.1, 0.15) is 5.75 Å². The molecule has 0 radical (unpaired) electrons. The third-order valence-electron chi connectivity index (χ3n) is 5.32. The van der Waals surface area contributed by atoms with Gasteiger partial charge in [-0.05, 0) is 38.8 Å². The number of benzene rings is 1. The predicted molar refractivity (Wildman–Crippen MR) is 110 cm³/mol. The van der Waals surface area contributed by atoms with Crippen LogP contribution in [0.25, 0.3) is 0 Å². The number of likely N-dealkylation sites (tertiary alicyclic amines) is 1. The standard InChI is InChI=1S/C22H30N4O3/c1-17(2)26(15-18-13-23-24(3)14-18)22(28)19-9-11-25(12-10-19)21(27)16-29-20-7-5-4-6-8-20/h4-8,13-14,17,19H,9-12,15-16H2,1-3H3. The van der Waals surface area contributed by atoms with Gasteiger partial charge in [-0.3, -0.25) is 14.3 Å². The maximum absolute atomic E-state index is 13.1. The van der Waals surface area contributed by atoms with E-state index in [0.717, 1.165) is 5.56 Å². The van der Waals surface area contributed by atoms with Gasteiger partial charge in [0.25, 0.3) is 5.91 Å². The molecule has 0 aliphatic carbocycles. The zero-order valence-electron chi connectivity index (χ0n) is 17.5. The lowest BCUT2D eigenvalue weighted by Gasteiger charge is -2.35. The SMILES string of the molecule is CC(C)N(Cc1cnn(C)c1)C(=O)C1CCN(C(=O)COc2ccccc2)CC1. The molecular weight excluding hydrogens is 368 g/mol. The van der Waals surface area contributed by atoms with Crippen molar-refractivity contribution in [1.29, 1.82) is 0 Å². The zero-order valence-corrected chi connectivity index (χ0v) is 17.5. The highest BCUT2D eigenvalue weighted by Gasteiger charge is 2.31. The van der Waals surface area contributed by atoms with Gasteiger partial charge < -0.3 is 14.5 Å². The summed E-state index contributed by atoms with van der Waals surface area (Å²) in [5.74, 6) is 0.773. The second-order valence-corrected chi connectivity index (χ2v) is 7.84. The summed E-state index contributed by atoms with van der Waals surface area (Å²) in [7, 11) is 1.87. The monoisotopic (exact) mass is 398 g/mol. The fraction of sp³-hybridized carbons (Fsp3) is 0.500. The molecular formula is C22H30N4O3. The van der Waals surface area contributed by atoms with Crippen molar-refractivity contribution < 1.29 is 14.3 Å². The summed E-state index contributed by atoms with van der Waals surface area (Å²) in [5.41, 5.74) is 1.03. The molecule has 7 heteroatoms. The summed E-state index contributed by atoms with van der Waals surface area (Å²) in [5, 5.41) is 4.19. The molecule has 1 aliphatic heterocycles. The quantitative estimate of drug-likeness (QED) is 0.719. The molecule has 29 heavy (non-hydrogen) atoms. The lowest BCUT2D eigenvalue weighted by Crippen LogP contribution is -2.47. The van der Waals surface area contributed by atoms with Crippen LogP contribution >= 0.6 is 0 Å². The lowest BCUT2D eigenvalue weighted by atomic mass is 9.94. The smallest absolute Gasteiger partial charge is 0.260 e. The van der Waals surface area contributed by atoms with Gasteiger partial charge in [-0.1, -0.05) is 18.2 Å². The third kappa shape index (κ3) is 5.59. The number of carbonyl (C=O) groups excluding carboxylic acids is 2. The minimum Gasteiger partial charge on any atom is -0.484 e. The van der Waals surface area contributed by atoms with Crippen LogP contribution in [0, 0.1) is 5.92 Å². The van der Waals surface area contributed by atoms with Gasteiger partial charge in [-0.25, -0.2) is 0 Å². The van der Waals surface area contributed by atoms with E-state index in [9.17, 15) is 9.59 Å². The summed E-state index contributed by atoms with van der Waals surface area (Å²) >= 11 is 0. The van der Waals surface area contributed by atoms with Crippen LogP contribution in [0.2, 0.25) is 0 Å².